The highest BCUT2D eigenvalue weighted by Crippen LogP contribution is 2.13. The molecule has 2 amide bonds. The van der Waals surface area contributed by atoms with Crippen molar-refractivity contribution in [3.8, 4) is 0 Å². The maximum absolute atomic E-state index is 13.2. The number of benzene rings is 1. The first-order valence-corrected chi connectivity index (χ1v) is 10.1. The number of aryl methyl sites for hydroxylation is 1. The van der Waals surface area contributed by atoms with Gasteiger partial charge in [-0.2, -0.15) is 0 Å². The van der Waals surface area contributed by atoms with Gasteiger partial charge in [-0.3, -0.25) is 9.59 Å². The normalized spacial score (nSPS) is 12.1. The van der Waals surface area contributed by atoms with Crippen LogP contribution in [0.1, 0.15) is 32.0 Å². The second-order valence-electron chi connectivity index (χ2n) is 7.57. The number of halogens is 1. The molecule has 0 saturated heterocycles. The molecule has 0 N–H and O–H groups in total. The lowest BCUT2D eigenvalue weighted by Gasteiger charge is -2.29. The molecule has 1 aromatic carbocycles. The van der Waals surface area contributed by atoms with Gasteiger partial charge in [0, 0.05) is 32.0 Å². The van der Waals surface area contributed by atoms with Crippen LogP contribution >= 0.6 is 11.6 Å². The van der Waals surface area contributed by atoms with Crippen molar-refractivity contribution in [1.29, 1.82) is 0 Å². The minimum atomic E-state index is -0.651. The second kappa shape index (κ2) is 10.3. The van der Waals surface area contributed by atoms with Crippen LogP contribution < -0.4 is 0 Å². The fourth-order valence-corrected chi connectivity index (χ4v) is 3.22. The van der Waals surface area contributed by atoms with Crippen molar-refractivity contribution < 1.29 is 9.59 Å². The summed E-state index contributed by atoms with van der Waals surface area (Å²) in [4.78, 5) is 29.0. The van der Waals surface area contributed by atoms with E-state index in [1.165, 1.54) is 0 Å². The molecule has 0 fully saturated rings. The molecule has 2 aromatic rings. The Hall–Kier alpha value is -2.27. The van der Waals surface area contributed by atoms with Crippen molar-refractivity contribution >= 4 is 23.4 Å². The SMILES string of the molecule is CC(C)CN(CC(=O)N(Cc1ccccc1)Cc1cccn1C)C(=O)[C@H](C)Cl. The zero-order valence-corrected chi connectivity index (χ0v) is 17.9. The largest absolute Gasteiger partial charge is 0.353 e. The van der Waals surface area contributed by atoms with E-state index in [-0.39, 0.29) is 24.3 Å². The molecular weight excluding hydrogens is 374 g/mol. The second-order valence-corrected chi connectivity index (χ2v) is 8.23. The van der Waals surface area contributed by atoms with Crippen LogP contribution in [0.3, 0.4) is 0 Å². The molecule has 0 bridgehead atoms. The molecule has 1 heterocycles. The van der Waals surface area contributed by atoms with Gasteiger partial charge in [-0.1, -0.05) is 44.2 Å². The summed E-state index contributed by atoms with van der Waals surface area (Å²) in [7, 11) is 1.96. The van der Waals surface area contributed by atoms with Gasteiger partial charge < -0.3 is 14.4 Å². The average Bonchev–Trinajstić information content (AvgIpc) is 3.05. The van der Waals surface area contributed by atoms with Gasteiger partial charge in [0.1, 0.15) is 5.38 Å². The molecule has 0 radical (unpaired) electrons. The van der Waals surface area contributed by atoms with Crippen molar-refractivity contribution in [3.63, 3.8) is 0 Å². The van der Waals surface area contributed by atoms with E-state index in [2.05, 4.69) is 0 Å². The Kier molecular flexibility index (Phi) is 8.12. The van der Waals surface area contributed by atoms with E-state index in [0.29, 0.717) is 19.6 Å². The quantitative estimate of drug-likeness (QED) is 0.600. The molecule has 5 nitrogen and oxygen atoms in total. The summed E-state index contributed by atoms with van der Waals surface area (Å²) < 4.78 is 2.00. The summed E-state index contributed by atoms with van der Waals surface area (Å²) in [5.74, 6) is -0.0405. The molecule has 152 valence electrons. The molecule has 0 spiro atoms. The molecule has 0 saturated carbocycles. The van der Waals surface area contributed by atoms with Crippen molar-refractivity contribution in [2.75, 3.05) is 13.1 Å². The molecule has 6 heteroatoms. The van der Waals surface area contributed by atoms with Gasteiger partial charge in [0.2, 0.25) is 11.8 Å². The summed E-state index contributed by atoms with van der Waals surface area (Å²) in [6, 6.07) is 13.9. The van der Waals surface area contributed by atoms with Gasteiger partial charge in [-0.25, -0.2) is 0 Å². The molecular formula is C22H30ClN3O2. The smallest absolute Gasteiger partial charge is 0.242 e. The number of aromatic nitrogens is 1. The lowest BCUT2D eigenvalue weighted by atomic mass is 10.2. The number of amides is 2. The van der Waals surface area contributed by atoms with Gasteiger partial charge in [0.25, 0.3) is 0 Å². The number of carbonyl (C=O) groups is 2. The van der Waals surface area contributed by atoms with Crippen LogP contribution in [-0.2, 0) is 29.7 Å². The number of carbonyl (C=O) groups excluding carboxylic acids is 2. The van der Waals surface area contributed by atoms with E-state index in [9.17, 15) is 9.59 Å². The van der Waals surface area contributed by atoms with Crippen molar-refractivity contribution in [2.24, 2.45) is 13.0 Å². The van der Waals surface area contributed by atoms with Gasteiger partial charge in [0.15, 0.2) is 0 Å². The van der Waals surface area contributed by atoms with Crippen molar-refractivity contribution in [1.82, 2.24) is 14.4 Å². The summed E-state index contributed by atoms with van der Waals surface area (Å²) in [5, 5.41) is -0.651. The van der Waals surface area contributed by atoms with E-state index in [1.54, 1.807) is 16.7 Å². The molecule has 0 aliphatic heterocycles. The van der Waals surface area contributed by atoms with Gasteiger partial charge >= 0.3 is 0 Å². The maximum Gasteiger partial charge on any atom is 0.242 e. The molecule has 0 aliphatic rings. The zero-order chi connectivity index (χ0) is 20.7. The van der Waals surface area contributed by atoms with Crippen LogP contribution in [0.2, 0.25) is 0 Å². The number of rotatable bonds is 9. The molecule has 28 heavy (non-hydrogen) atoms. The Morgan fingerprint density at radius 2 is 1.68 bits per heavy atom. The third-order valence-corrected chi connectivity index (χ3v) is 4.72. The lowest BCUT2D eigenvalue weighted by Crippen LogP contribution is -2.46. The predicted molar refractivity (Wildman–Crippen MR) is 113 cm³/mol. The number of hydrogen-bond donors (Lipinski definition) is 0. The third kappa shape index (κ3) is 6.41. The number of alkyl halides is 1. The van der Waals surface area contributed by atoms with Crippen molar-refractivity contribution in [3.05, 3.63) is 59.9 Å². The highest BCUT2D eigenvalue weighted by Gasteiger charge is 2.25. The van der Waals surface area contributed by atoms with Gasteiger partial charge in [-0.05, 0) is 30.5 Å². The van der Waals surface area contributed by atoms with E-state index >= 15 is 0 Å². The van der Waals surface area contributed by atoms with Crippen LogP contribution in [0.15, 0.2) is 48.7 Å². The van der Waals surface area contributed by atoms with E-state index in [4.69, 9.17) is 11.6 Å². The minimum absolute atomic E-state index is 0.0331. The van der Waals surface area contributed by atoms with Crippen LogP contribution in [0.25, 0.3) is 0 Å². The number of nitrogens with zero attached hydrogens (tertiary/aromatic N) is 3. The number of hydrogen-bond acceptors (Lipinski definition) is 2. The van der Waals surface area contributed by atoms with Gasteiger partial charge in [0.05, 0.1) is 13.1 Å². The first kappa shape index (κ1) is 22.0. The van der Waals surface area contributed by atoms with Crippen molar-refractivity contribution in [2.45, 2.75) is 39.2 Å². The fourth-order valence-electron chi connectivity index (χ4n) is 3.08. The zero-order valence-electron chi connectivity index (χ0n) is 17.1. The predicted octanol–water partition coefficient (Wildman–Crippen LogP) is 3.67. The topological polar surface area (TPSA) is 45.6 Å². The summed E-state index contributed by atoms with van der Waals surface area (Å²) in [6.45, 7) is 7.21. The van der Waals surface area contributed by atoms with Crippen LogP contribution in [0, 0.1) is 5.92 Å². The lowest BCUT2D eigenvalue weighted by molar-refractivity contribution is -0.141. The Bertz CT molecular complexity index is 771. The van der Waals surface area contributed by atoms with E-state index in [1.807, 2.05) is 74.1 Å². The monoisotopic (exact) mass is 403 g/mol. The van der Waals surface area contributed by atoms with E-state index < -0.39 is 5.38 Å². The Labute approximate surface area is 172 Å². The molecule has 2 rings (SSSR count). The highest BCUT2D eigenvalue weighted by atomic mass is 35.5. The van der Waals surface area contributed by atoms with Crippen LogP contribution in [0.4, 0.5) is 0 Å². The molecule has 0 aliphatic carbocycles. The van der Waals surface area contributed by atoms with Crippen LogP contribution in [-0.4, -0.2) is 44.6 Å². The average molecular weight is 404 g/mol. The maximum atomic E-state index is 13.2. The highest BCUT2D eigenvalue weighted by molar-refractivity contribution is 6.30. The fraction of sp³-hybridized carbons (Fsp3) is 0.455. The van der Waals surface area contributed by atoms with E-state index in [0.717, 1.165) is 11.3 Å². The molecule has 0 unspecified atom stereocenters. The molecule has 1 atom stereocenters. The third-order valence-electron chi connectivity index (χ3n) is 4.54. The summed E-state index contributed by atoms with van der Waals surface area (Å²) >= 11 is 6.02. The first-order valence-electron chi connectivity index (χ1n) is 9.62. The minimum Gasteiger partial charge on any atom is -0.353 e. The molecule has 1 aromatic heterocycles. The summed E-state index contributed by atoms with van der Waals surface area (Å²) in [5.41, 5.74) is 2.09. The standard InChI is InChI=1S/C22H30ClN3O2/c1-17(2)13-26(22(28)18(3)23)16-21(27)25(14-19-9-6-5-7-10-19)15-20-11-8-12-24(20)4/h5-12,17-18H,13-16H2,1-4H3/t18-/m0/s1. The van der Waals surface area contributed by atoms with Gasteiger partial charge in [-0.15, -0.1) is 11.6 Å². The van der Waals surface area contributed by atoms with Crippen LogP contribution in [0.5, 0.6) is 0 Å². The first-order chi connectivity index (χ1) is 13.3. The Morgan fingerprint density at radius 3 is 2.21 bits per heavy atom. The Balaban J connectivity index is 2.20. The Morgan fingerprint density at radius 1 is 1.00 bits per heavy atom. The summed E-state index contributed by atoms with van der Waals surface area (Å²) in [6.07, 6.45) is 1.96.